The van der Waals surface area contributed by atoms with Crippen molar-refractivity contribution in [3.63, 3.8) is 0 Å². The number of Topliss-reactive ketones (excluding diaryl/α,β-unsaturated/α-hetero) is 2. The average molecular weight is 434 g/mol. The molecule has 3 aromatic rings. The number of azide groups is 1. The Labute approximate surface area is 191 Å². The fourth-order valence-electron chi connectivity index (χ4n) is 5.09. The maximum atomic E-state index is 13.7. The Morgan fingerprint density at radius 1 is 0.879 bits per heavy atom. The largest absolute Gasteiger partial charge is 0.294 e. The van der Waals surface area contributed by atoms with Crippen LogP contribution in [0.2, 0.25) is 0 Å². The van der Waals surface area contributed by atoms with Crippen molar-refractivity contribution in [2.45, 2.75) is 38.1 Å². The number of hydrogen-bond donors (Lipinski definition) is 0. The Balaban J connectivity index is 1.96. The van der Waals surface area contributed by atoms with Crippen LogP contribution in [0.25, 0.3) is 22.1 Å². The zero-order valence-electron chi connectivity index (χ0n) is 18.4. The van der Waals surface area contributed by atoms with Gasteiger partial charge in [0.2, 0.25) is 0 Å². The van der Waals surface area contributed by atoms with E-state index in [0.29, 0.717) is 22.8 Å². The lowest BCUT2D eigenvalue weighted by Gasteiger charge is -2.26. The Kier molecular flexibility index (Phi) is 5.41. The number of nitrogens with zero attached hydrogens (tertiary/aromatic N) is 3. The molecule has 0 fully saturated rings. The first-order valence-corrected chi connectivity index (χ1v) is 11.3. The standard InChI is InChI=1S/C28H23N3O2/c1-2-3-12-22-21-15-14-20-19-13-8-7-11-18(19)16-23(17-9-5-4-6-10-17)24(20)25(21)28(33)26(27(22)32)30-31-29/h4-11,13-16,23,26H,2-3,12H2,1H3. The molecular weight excluding hydrogens is 410 g/mol. The van der Waals surface area contributed by atoms with E-state index in [1.54, 1.807) is 0 Å². The predicted octanol–water partition coefficient (Wildman–Crippen LogP) is 4.68. The number of carbonyl (C=O) groups is 2. The van der Waals surface area contributed by atoms with Gasteiger partial charge in [0.15, 0.2) is 17.6 Å². The minimum Gasteiger partial charge on any atom is -0.294 e. The first kappa shape index (κ1) is 20.9. The fraction of sp³-hybridized carbons (Fsp3) is 0.214. The van der Waals surface area contributed by atoms with Crippen LogP contribution in [-0.2, 0) is 4.79 Å². The zero-order valence-corrected chi connectivity index (χ0v) is 18.4. The average Bonchev–Trinajstić information content (AvgIpc) is 2.86. The molecule has 0 heterocycles. The molecule has 5 rings (SSSR count). The smallest absolute Gasteiger partial charge is 0.180 e. The van der Waals surface area contributed by atoms with Crippen LogP contribution >= 0.6 is 0 Å². The van der Waals surface area contributed by atoms with Crippen molar-refractivity contribution in [2.75, 3.05) is 0 Å². The minimum absolute atomic E-state index is 0.151. The summed E-state index contributed by atoms with van der Waals surface area (Å²) in [6.45, 7) is 2.06. The van der Waals surface area contributed by atoms with Crippen LogP contribution < -0.4 is 10.4 Å². The van der Waals surface area contributed by atoms with Crippen molar-refractivity contribution in [1.29, 1.82) is 0 Å². The molecule has 5 nitrogen and oxygen atoms in total. The fourth-order valence-corrected chi connectivity index (χ4v) is 5.09. The lowest BCUT2D eigenvalue weighted by molar-refractivity contribution is -0.114. The molecule has 0 aromatic heterocycles. The van der Waals surface area contributed by atoms with Crippen molar-refractivity contribution in [2.24, 2.45) is 5.11 Å². The molecule has 0 N–H and O–H groups in total. The molecule has 5 heteroatoms. The first-order chi connectivity index (χ1) is 16.2. The summed E-state index contributed by atoms with van der Waals surface area (Å²) in [6.07, 6.45) is 4.49. The van der Waals surface area contributed by atoms with E-state index in [1.165, 1.54) is 0 Å². The number of benzene rings is 3. The van der Waals surface area contributed by atoms with Gasteiger partial charge in [-0.2, -0.15) is 0 Å². The Morgan fingerprint density at radius 2 is 1.61 bits per heavy atom. The third kappa shape index (κ3) is 3.38. The number of carbonyl (C=O) groups excluding carboxylic acids is 2. The molecule has 0 amide bonds. The van der Waals surface area contributed by atoms with E-state index < -0.39 is 11.8 Å². The van der Waals surface area contributed by atoms with Crippen LogP contribution in [0, 0.1) is 10.4 Å². The Morgan fingerprint density at radius 3 is 2.36 bits per heavy atom. The van der Waals surface area contributed by atoms with Gasteiger partial charge in [0.25, 0.3) is 0 Å². The molecule has 0 saturated carbocycles. The van der Waals surface area contributed by atoms with Crippen LogP contribution in [0.4, 0.5) is 0 Å². The van der Waals surface area contributed by atoms with Gasteiger partial charge in [0.05, 0.1) is 0 Å². The van der Waals surface area contributed by atoms with Gasteiger partial charge in [0, 0.05) is 22.0 Å². The monoisotopic (exact) mass is 433 g/mol. The molecule has 2 aliphatic rings. The minimum atomic E-state index is -1.34. The maximum Gasteiger partial charge on any atom is 0.180 e. The van der Waals surface area contributed by atoms with Gasteiger partial charge in [-0.15, -0.1) is 0 Å². The first-order valence-electron chi connectivity index (χ1n) is 11.3. The Hall–Kier alpha value is -3.95. The van der Waals surface area contributed by atoms with E-state index in [-0.39, 0.29) is 11.7 Å². The van der Waals surface area contributed by atoms with Crippen LogP contribution in [-0.4, -0.2) is 17.6 Å². The summed E-state index contributed by atoms with van der Waals surface area (Å²) >= 11 is 0. The molecule has 0 aliphatic heterocycles. The number of fused-ring (bicyclic) bond motifs is 4. The molecule has 2 aliphatic carbocycles. The van der Waals surface area contributed by atoms with E-state index in [2.05, 4.69) is 47.3 Å². The lowest BCUT2D eigenvalue weighted by Crippen LogP contribution is -2.41. The Bertz CT molecular complexity index is 1550. The highest BCUT2D eigenvalue weighted by Crippen LogP contribution is 2.33. The molecule has 162 valence electrons. The third-order valence-corrected chi connectivity index (χ3v) is 6.63. The second-order valence-electron chi connectivity index (χ2n) is 8.51. The highest BCUT2D eigenvalue weighted by Gasteiger charge is 2.37. The van der Waals surface area contributed by atoms with Gasteiger partial charge in [-0.3, -0.25) is 9.59 Å². The number of ketones is 2. The predicted molar refractivity (Wildman–Crippen MR) is 128 cm³/mol. The molecule has 0 saturated heterocycles. The molecule has 2 atom stereocenters. The highest BCUT2D eigenvalue weighted by atomic mass is 16.2. The number of hydrogen-bond acceptors (Lipinski definition) is 3. The summed E-state index contributed by atoms with van der Waals surface area (Å²) in [6, 6.07) is 20.8. The SMILES string of the molecule is CCCCC1=c2ccc3c(c2C(=O)C(N=[N+]=[N-])C1=O)C(c1ccccc1)C=c1ccccc1=3. The lowest BCUT2D eigenvalue weighted by atomic mass is 9.76. The number of unbranched alkanes of at least 4 members (excludes halogenated alkanes) is 1. The van der Waals surface area contributed by atoms with Crippen LogP contribution in [0.15, 0.2) is 71.8 Å². The summed E-state index contributed by atoms with van der Waals surface area (Å²) in [5, 5.41) is 7.49. The van der Waals surface area contributed by atoms with Crippen LogP contribution in [0.5, 0.6) is 0 Å². The van der Waals surface area contributed by atoms with Gasteiger partial charge in [0.1, 0.15) is 0 Å². The van der Waals surface area contributed by atoms with E-state index >= 15 is 0 Å². The summed E-state index contributed by atoms with van der Waals surface area (Å²) < 4.78 is 0. The van der Waals surface area contributed by atoms with Gasteiger partial charge in [-0.25, -0.2) is 0 Å². The van der Waals surface area contributed by atoms with E-state index in [1.807, 2.05) is 42.5 Å². The second kappa shape index (κ2) is 8.53. The zero-order chi connectivity index (χ0) is 22.9. The summed E-state index contributed by atoms with van der Waals surface area (Å²) in [7, 11) is 0. The van der Waals surface area contributed by atoms with Crippen molar-refractivity contribution >= 4 is 23.2 Å². The molecule has 0 radical (unpaired) electrons. The molecule has 0 bridgehead atoms. The summed E-state index contributed by atoms with van der Waals surface area (Å²) in [4.78, 5) is 29.7. The van der Waals surface area contributed by atoms with Crippen LogP contribution in [0.1, 0.15) is 53.6 Å². The normalized spacial score (nSPS) is 18.5. The topological polar surface area (TPSA) is 82.9 Å². The van der Waals surface area contributed by atoms with E-state index in [9.17, 15) is 9.59 Å². The summed E-state index contributed by atoms with van der Waals surface area (Å²) in [5.41, 5.74) is 12.2. The second-order valence-corrected chi connectivity index (χ2v) is 8.51. The maximum absolute atomic E-state index is 13.7. The van der Waals surface area contributed by atoms with Crippen molar-refractivity contribution in [3.8, 4) is 0 Å². The van der Waals surface area contributed by atoms with E-state index in [4.69, 9.17) is 5.53 Å². The molecule has 3 aromatic carbocycles. The molecule has 2 unspecified atom stereocenters. The van der Waals surface area contributed by atoms with Crippen molar-refractivity contribution in [3.05, 3.63) is 115 Å². The van der Waals surface area contributed by atoms with Gasteiger partial charge in [-0.1, -0.05) is 91.3 Å². The van der Waals surface area contributed by atoms with Crippen molar-refractivity contribution in [1.82, 2.24) is 0 Å². The third-order valence-electron chi connectivity index (χ3n) is 6.63. The van der Waals surface area contributed by atoms with E-state index in [0.717, 1.165) is 39.6 Å². The summed E-state index contributed by atoms with van der Waals surface area (Å²) in [5.74, 6) is -0.920. The molecule has 0 spiro atoms. The number of rotatable bonds is 5. The van der Waals surface area contributed by atoms with Crippen LogP contribution in [0.3, 0.4) is 0 Å². The highest BCUT2D eigenvalue weighted by molar-refractivity contribution is 6.32. The molecular formula is C28H23N3O2. The van der Waals surface area contributed by atoms with Gasteiger partial charge < -0.3 is 0 Å². The van der Waals surface area contributed by atoms with Gasteiger partial charge >= 0.3 is 0 Å². The van der Waals surface area contributed by atoms with Gasteiger partial charge in [-0.05, 0) is 50.4 Å². The van der Waals surface area contributed by atoms with Crippen molar-refractivity contribution < 1.29 is 9.59 Å². The molecule has 33 heavy (non-hydrogen) atoms. The quantitative estimate of drug-likeness (QED) is 0.253.